The molecular weight excluding hydrogens is 318 g/mol. The van der Waals surface area contributed by atoms with Crippen molar-refractivity contribution >= 4 is 18.2 Å². The van der Waals surface area contributed by atoms with Gasteiger partial charge in [0.1, 0.15) is 17.7 Å². The second kappa shape index (κ2) is 7.27. The predicted molar refractivity (Wildman–Crippen MR) is 90.9 cm³/mol. The number of aromatic nitrogens is 1. The lowest BCUT2D eigenvalue weighted by atomic mass is 10.5. The van der Waals surface area contributed by atoms with Gasteiger partial charge in [-0.2, -0.15) is 0 Å². The smallest absolute Gasteiger partial charge is 0.209 e. The molecule has 0 aliphatic heterocycles. The van der Waals surface area contributed by atoms with Crippen LogP contribution in [0.2, 0.25) is 16.6 Å². The molecule has 7 heteroatoms. The molecule has 0 saturated heterocycles. The van der Waals surface area contributed by atoms with E-state index in [9.17, 15) is 8.42 Å². The third-order valence-corrected chi connectivity index (χ3v) is 11.0. The van der Waals surface area contributed by atoms with Gasteiger partial charge in [0.05, 0.1) is 6.61 Å². The Morgan fingerprint density at radius 1 is 1.14 bits per heavy atom. The number of rotatable bonds is 8. The fourth-order valence-electron chi connectivity index (χ4n) is 3.40. The first-order valence-corrected chi connectivity index (χ1v) is 11.9. The molecule has 0 radical (unpaired) electrons. The van der Waals surface area contributed by atoms with Crippen LogP contribution in [0.25, 0.3) is 0 Å². The molecule has 22 heavy (non-hydrogen) atoms. The predicted octanol–water partition coefficient (Wildman–Crippen LogP) is 3.91. The minimum absolute atomic E-state index is 0.173. The normalized spacial score (nSPS) is 13.5. The maximum atomic E-state index is 11.3. The lowest BCUT2D eigenvalue weighted by Crippen LogP contribution is -2.47. The van der Waals surface area contributed by atoms with Gasteiger partial charge >= 0.3 is 0 Å². The maximum Gasteiger partial charge on any atom is 0.209 e. The fraction of sp³-hybridized carbons (Fsp3) is 0.800. The van der Waals surface area contributed by atoms with E-state index in [1.165, 1.54) is 12.5 Å². The maximum absolute atomic E-state index is 11.3. The van der Waals surface area contributed by atoms with Crippen LogP contribution in [0, 0.1) is 0 Å². The highest BCUT2D eigenvalue weighted by Gasteiger charge is 2.45. The van der Waals surface area contributed by atoms with Crippen LogP contribution >= 0.6 is 0 Å². The third kappa shape index (κ3) is 4.66. The van der Waals surface area contributed by atoms with E-state index >= 15 is 0 Å². The third-order valence-electron chi connectivity index (χ3n) is 4.16. The Bertz CT molecular complexity index is 556. The van der Waals surface area contributed by atoms with Gasteiger partial charge < -0.3 is 8.84 Å². The second-order valence-electron chi connectivity index (χ2n) is 6.91. The Balaban J connectivity index is 2.86. The van der Waals surface area contributed by atoms with Crippen molar-refractivity contribution in [2.45, 2.75) is 70.5 Å². The van der Waals surface area contributed by atoms with Gasteiger partial charge in [-0.25, -0.2) is 13.4 Å². The number of hydrogen-bond donors (Lipinski definition) is 0. The summed E-state index contributed by atoms with van der Waals surface area (Å²) >= 11 is 0. The molecular formula is C15H29NO4SSi. The van der Waals surface area contributed by atoms with Gasteiger partial charge in [0.15, 0.2) is 9.84 Å². The van der Waals surface area contributed by atoms with Crippen molar-refractivity contribution in [1.82, 2.24) is 4.98 Å². The zero-order valence-electron chi connectivity index (χ0n) is 14.7. The molecule has 0 unspecified atom stereocenters. The zero-order valence-corrected chi connectivity index (χ0v) is 16.5. The van der Waals surface area contributed by atoms with Crippen LogP contribution in [0.15, 0.2) is 10.7 Å². The summed E-state index contributed by atoms with van der Waals surface area (Å²) in [6.07, 6.45) is 2.67. The topological polar surface area (TPSA) is 69.4 Å². The van der Waals surface area contributed by atoms with Crippen molar-refractivity contribution in [3.63, 3.8) is 0 Å². The van der Waals surface area contributed by atoms with E-state index in [4.69, 9.17) is 8.84 Å². The lowest BCUT2D eigenvalue weighted by Gasteiger charge is -2.41. The highest BCUT2D eigenvalue weighted by atomic mass is 32.2. The standard InChI is InChI=1S/C15H29NO4SSi/c1-11(2)22(12(3)4,13(5)6)20-9-14-8-19-15(16-14)10-21(7,17)18/h8,11-13H,9-10H2,1-7H3. The van der Waals surface area contributed by atoms with E-state index in [1.54, 1.807) is 0 Å². The summed E-state index contributed by atoms with van der Waals surface area (Å²) in [7, 11) is -5.08. The molecule has 0 fully saturated rings. The summed E-state index contributed by atoms with van der Waals surface area (Å²) in [6.45, 7) is 13.7. The molecule has 0 aromatic carbocycles. The molecule has 0 aliphatic rings. The van der Waals surface area contributed by atoms with Crippen LogP contribution in [0.5, 0.6) is 0 Å². The zero-order chi connectivity index (χ0) is 17.1. The summed E-state index contributed by atoms with van der Waals surface area (Å²) in [5, 5.41) is 0. The Morgan fingerprint density at radius 3 is 2.05 bits per heavy atom. The van der Waals surface area contributed by atoms with Gasteiger partial charge in [-0.05, 0) is 16.6 Å². The van der Waals surface area contributed by atoms with Gasteiger partial charge in [-0.3, -0.25) is 0 Å². The molecule has 0 N–H and O–H groups in total. The van der Waals surface area contributed by atoms with Crippen molar-refractivity contribution in [1.29, 1.82) is 0 Å². The SMILES string of the molecule is CC(C)[Si](OCc1coc(CS(C)(=O)=O)n1)(C(C)C)C(C)C. The van der Waals surface area contributed by atoms with E-state index in [1.807, 2.05) is 0 Å². The highest BCUT2D eigenvalue weighted by Crippen LogP contribution is 2.42. The fourth-order valence-corrected chi connectivity index (χ4v) is 9.38. The molecule has 1 rings (SSSR count). The first kappa shape index (κ1) is 19.4. The number of oxazole rings is 1. The lowest BCUT2D eigenvalue weighted by molar-refractivity contribution is 0.261. The van der Waals surface area contributed by atoms with Crippen LogP contribution in [0.1, 0.15) is 53.1 Å². The molecule has 0 atom stereocenters. The van der Waals surface area contributed by atoms with Gasteiger partial charge in [0.25, 0.3) is 0 Å². The Hall–Kier alpha value is -0.663. The van der Waals surface area contributed by atoms with E-state index in [0.717, 1.165) is 0 Å². The van der Waals surface area contributed by atoms with Gasteiger partial charge in [0, 0.05) is 6.26 Å². The Kier molecular flexibility index (Phi) is 6.41. The van der Waals surface area contributed by atoms with Crippen molar-refractivity contribution in [3.8, 4) is 0 Å². The van der Waals surface area contributed by atoms with Crippen LogP contribution in [-0.2, 0) is 26.6 Å². The van der Waals surface area contributed by atoms with Gasteiger partial charge in [0.2, 0.25) is 14.2 Å². The highest BCUT2D eigenvalue weighted by molar-refractivity contribution is 7.89. The molecule has 0 aliphatic carbocycles. The monoisotopic (exact) mass is 347 g/mol. The van der Waals surface area contributed by atoms with Crippen molar-refractivity contribution < 1.29 is 17.3 Å². The molecule has 1 aromatic rings. The molecule has 128 valence electrons. The molecule has 5 nitrogen and oxygen atoms in total. The number of hydrogen-bond acceptors (Lipinski definition) is 5. The quantitative estimate of drug-likeness (QED) is 0.667. The van der Waals surface area contributed by atoms with Crippen molar-refractivity contribution in [2.75, 3.05) is 6.26 Å². The molecule has 1 heterocycles. The average molecular weight is 348 g/mol. The summed E-state index contributed by atoms with van der Waals surface area (Å²) in [5.41, 5.74) is 2.15. The van der Waals surface area contributed by atoms with E-state index in [0.29, 0.717) is 28.9 Å². The first-order valence-electron chi connectivity index (χ1n) is 7.74. The van der Waals surface area contributed by atoms with E-state index in [-0.39, 0.29) is 11.6 Å². The van der Waals surface area contributed by atoms with Crippen LogP contribution in [-0.4, -0.2) is 28.0 Å². The number of sulfone groups is 1. The van der Waals surface area contributed by atoms with E-state index < -0.39 is 18.2 Å². The molecule has 0 saturated carbocycles. The van der Waals surface area contributed by atoms with Crippen LogP contribution < -0.4 is 0 Å². The Labute approximate surface area is 135 Å². The minimum Gasteiger partial charge on any atom is -0.448 e. The summed E-state index contributed by atoms with van der Waals surface area (Å²) in [4.78, 5) is 4.23. The first-order chi connectivity index (χ1) is 9.99. The molecule has 0 bridgehead atoms. The molecule has 0 amide bonds. The summed E-state index contributed by atoms with van der Waals surface area (Å²) in [6, 6.07) is 0. The van der Waals surface area contributed by atoms with Crippen LogP contribution in [0.3, 0.4) is 0 Å². The minimum atomic E-state index is -3.14. The summed E-state index contributed by atoms with van der Waals surface area (Å²) < 4.78 is 34.2. The summed E-state index contributed by atoms with van der Waals surface area (Å²) in [5.74, 6) is 0.0562. The average Bonchev–Trinajstić information content (AvgIpc) is 2.73. The Morgan fingerprint density at radius 2 is 1.64 bits per heavy atom. The molecule has 1 aromatic heterocycles. The second-order valence-corrected chi connectivity index (χ2v) is 14.5. The van der Waals surface area contributed by atoms with E-state index in [2.05, 4.69) is 46.5 Å². The molecule has 0 spiro atoms. The largest absolute Gasteiger partial charge is 0.448 e. The van der Waals surface area contributed by atoms with Crippen molar-refractivity contribution in [2.24, 2.45) is 0 Å². The van der Waals surface area contributed by atoms with Gasteiger partial charge in [-0.1, -0.05) is 41.5 Å². The van der Waals surface area contributed by atoms with Crippen molar-refractivity contribution in [3.05, 3.63) is 17.8 Å². The van der Waals surface area contributed by atoms with Gasteiger partial charge in [-0.15, -0.1) is 0 Å². The van der Waals surface area contributed by atoms with Crippen LogP contribution in [0.4, 0.5) is 0 Å². The number of nitrogens with zero attached hydrogens (tertiary/aromatic N) is 1.